The van der Waals surface area contributed by atoms with Crippen LogP contribution in [0.25, 0.3) is 10.8 Å². The van der Waals surface area contributed by atoms with Gasteiger partial charge in [0.2, 0.25) is 5.91 Å². The van der Waals surface area contributed by atoms with Gasteiger partial charge in [0.05, 0.1) is 0 Å². The second kappa shape index (κ2) is 6.48. The maximum absolute atomic E-state index is 12.5. The molecule has 3 rings (SSSR count). The van der Waals surface area contributed by atoms with Gasteiger partial charge in [-0.15, -0.1) is 0 Å². The second-order valence-electron chi connectivity index (χ2n) is 5.42. The minimum Gasteiger partial charge on any atom is -0.310 e. The second-order valence-corrected chi connectivity index (χ2v) is 5.42. The van der Waals surface area contributed by atoms with E-state index in [0.717, 1.165) is 42.9 Å². The van der Waals surface area contributed by atoms with Crippen molar-refractivity contribution in [3.05, 3.63) is 42.9 Å². The molecule has 2 aromatic rings. The zero-order valence-electron chi connectivity index (χ0n) is 12.0. The molecule has 1 amide bonds. The fraction of sp³-hybridized carbons (Fsp3) is 0.353. The third-order valence-corrected chi connectivity index (χ3v) is 3.95. The minimum absolute atomic E-state index is 0.0728. The fourth-order valence-corrected chi connectivity index (χ4v) is 2.75. The van der Waals surface area contributed by atoms with Crippen LogP contribution in [0.15, 0.2) is 42.9 Å². The molecule has 4 nitrogen and oxygen atoms in total. The van der Waals surface area contributed by atoms with Crippen molar-refractivity contribution in [1.82, 2.24) is 9.97 Å². The third kappa shape index (κ3) is 3.27. The van der Waals surface area contributed by atoms with Gasteiger partial charge in [0.25, 0.3) is 0 Å². The molecule has 0 saturated heterocycles. The first-order chi connectivity index (χ1) is 10.3. The minimum atomic E-state index is 0.0728. The van der Waals surface area contributed by atoms with Crippen LogP contribution >= 0.6 is 0 Å². The van der Waals surface area contributed by atoms with Crippen molar-refractivity contribution in [2.45, 2.75) is 32.1 Å². The van der Waals surface area contributed by atoms with Gasteiger partial charge in [-0.3, -0.25) is 9.78 Å². The molecule has 108 valence electrons. The van der Waals surface area contributed by atoms with Gasteiger partial charge >= 0.3 is 0 Å². The topological polar surface area (TPSA) is 54.9 Å². The van der Waals surface area contributed by atoms with Crippen molar-refractivity contribution in [3.63, 3.8) is 0 Å². The molecule has 0 saturated carbocycles. The summed E-state index contributed by atoms with van der Waals surface area (Å²) in [5, 5.41) is 4.91. The fourth-order valence-electron chi connectivity index (χ4n) is 2.75. The lowest BCUT2D eigenvalue weighted by molar-refractivity contribution is -0.120. The van der Waals surface area contributed by atoms with Gasteiger partial charge in [-0.1, -0.05) is 12.2 Å². The molecule has 1 N–H and O–H groups in total. The standard InChI is InChI=1S/C17H19N3O/c21-17(14-6-4-2-1-3-5-7-14)20-16-15-12-18-10-8-13(15)9-11-19-16/h1-2,8-12,14H,3-7H2,(H,19,20,21)/b2-1-. The van der Waals surface area contributed by atoms with Crippen molar-refractivity contribution in [3.8, 4) is 0 Å². The van der Waals surface area contributed by atoms with Crippen LogP contribution in [-0.2, 0) is 4.79 Å². The van der Waals surface area contributed by atoms with Crippen LogP contribution in [0.2, 0.25) is 0 Å². The molecule has 4 heteroatoms. The van der Waals surface area contributed by atoms with E-state index in [-0.39, 0.29) is 11.8 Å². The van der Waals surface area contributed by atoms with Crippen LogP contribution < -0.4 is 5.32 Å². The summed E-state index contributed by atoms with van der Waals surface area (Å²) in [4.78, 5) is 20.9. The van der Waals surface area contributed by atoms with Crippen LogP contribution in [0.4, 0.5) is 5.82 Å². The van der Waals surface area contributed by atoms with Crippen molar-refractivity contribution in [1.29, 1.82) is 0 Å². The molecule has 1 unspecified atom stereocenters. The summed E-state index contributed by atoms with van der Waals surface area (Å²) in [6, 6.07) is 3.85. The Balaban J connectivity index is 1.78. The number of aromatic nitrogens is 2. The molecule has 2 heterocycles. The van der Waals surface area contributed by atoms with E-state index >= 15 is 0 Å². The lowest BCUT2D eigenvalue weighted by Crippen LogP contribution is -2.23. The van der Waals surface area contributed by atoms with Crippen LogP contribution in [0.3, 0.4) is 0 Å². The number of fused-ring (bicyclic) bond motifs is 1. The predicted molar refractivity (Wildman–Crippen MR) is 83.9 cm³/mol. The smallest absolute Gasteiger partial charge is 0.228 e. The van der Waals surface area contributed by atoms with E-state index in [1.807, 2.05) is 12.1 Å². The largest absolute Gasteiger partial charge is 0.310 e. The number of amides is 1. The Kier molecular flexibility index (Phi) is 4.24. The van der Waals surface area contributed by atoms with E-state index in [9.17, 15) is 4.79 Å². The number of carbonyl (C=O) groups is 1. The van der Waals surface area contributed by atoms with E-state index in [4.69, 9.17) is 0 Å². The molecule has 1 atom stereocenters. The van der Waals surface area contributed by atoms with Crippen molar-refractivity contribution in [2.75, 3.05) is 5.32 Å². The number of anilines is 1. The van der Waals surface area contributed by atoms with Crippen LogP contribution in [0.5, 0.6) is 0 Å². The van der Waals surface area contributed by atoms with Gasteiger partial charge in [0.1, 0.15) is 5.82 Å². The Morgan fingerprint density at radius 2 is 2.00 bits per heavy atom. The first-order valence-electron chi connectivity index (χ1n) is 7.49. The Hall–Kier alpha value is -2.23. The van der Waals surface area contributed by atoms with Gasteiger partial charge in [0, 0.05) is 29.9 Å². The Labute approximate surface area is 124 Å². The molecule has 0 fully saturated rings. The SMILES string of the molecule is O=C(Nc1nccc2ccncc12)C1CC/C=C\CCC1. The predicted octanol–water partition coefficient (Wildman–Crippen LogP) is 3.70. The number of allylic oxidation sites excluding steroid dienone is 2. The average molecular weight is 281 g/mol. The Morgan fingerprint density at radius 1 is 1.14 bits per heavy atom. The number of nitrogens with zero attached hydrogens (tertiary/aromatic N) is 2. The van der Waals surface area contributed by atoms with Crippen molar-refractivity contribution in [2.24, 2.45) is 5.92 Å². The Morgan fingerprint density at radius 3 is 2.95 bits per heavy atom. The van der Waals surface area contributed by atoms with Crippen LogP contribution in [-0.4, -0.2) is 15.9 Å². The van der Waals surface area contributed by atoms with E-state index < -0.39 is 0 Å². The van der Waals surface area contributed by atoms with Crippen molar-refractivity contribution >= 4 is 22.5 Å². The highest BCUT2D eigenvalue weighted by Gasteiger charge is 2.19. The highest BCUT2D eigenvalue weighted by molar-refractivity contribution is 6.00. The van der Waals surface area contributed by atoms with E-state index in [0.29, 0.717) is 5.82 Å². The number of carbonyl (C=O) groups excluding carboxylic acids is 1. The number of nitrogens with one attached hydrogen (secondary N) is 1. The molecular formula is C17H19N3O. The monoisotopic (exact) mass is 281 g/mol. The average Bonchev–Trinajstić information content (AvgIpc) is 2.47. The summed E-state index contributed by atoms with van der Waals surface area (Å²) in [7, 11) is 0. The van der Waals surface area contributed by atoms with Crippen LogP contribution in [0, 0.1) is 5.92 Å². The lowest BCUT2D eigenvalue weighted by atomic mass is 9.93. The Bertz CT molecular complexity index is 661. The normalized spacial score (nSPS) is 20.5. The molecule has 0 aromatic carbocycles. The quantitative estimate of drug-likeness (QED) is 0.854. The van der Waals surface area contributed by atoms with Crippen LogP contribution in [0.1, 0.15) is 32.1 Å². The van der Waals surface area contributed by atoms with Gasteiger partial charge in [-0.05, 0) is 49.6 Å². The molecular weight excluding hydrogens is 262 g/mol. The summed E-state index contributed by atoms with van der Waals surface area (Å²) < 4.78 is 0. The molecule has 0 aliphatic heterocycles. The van der Waals surface area contributed by atoms with Gasteiger partial charge in [-0.2, -0.15) is 0 Å². The van der Waals surface area contributed by atoms with E-state index in [1.54, 1.807) is 18.6 Å². The molecule has 21 heavy (non-hydrogen) atoms. The number of hydrogen-bond donors (Lipinski definition) is 1. The zero-order valence-corrected chi connectivity index (χ0v) is 12.0. The highest BCUT2D eigenvalue weighted by atomic mass is 16.1. The maximum atomic E-state index is 12.5. The zero-order chi connectivity index (χ0) is 14.5. The summed E-state index contributed by atoms with van der Waals surface area (Å²) >= 11 is 0. The molecule has 1 aliphatic rings. The molecule has 0 bridgehead atoms. The van der Waals surface area contributed by atoms with E-state index in [1.165, 1.54) is 0 Å². The summed E-state index contributed by atoms with van der Waals surface area (Å²) in [5.74, 6) is 0.765. The number of hydrogen-bond acceptors (Lipinski definition) is 3. The molecule has 1 aliphatic carbocycles. The maximum Gasteiger partial charge on any atom is 0.228 e. The molecule has 0 radical (unpaired) electrons. The van der Waals surface area contributed by atoms with Gasteiger partial charge in [0.15, 0.2) is 0 Å². The summed E-state index contributed by atoms with van der Waals surface area (Å²) in [5.41, 5.74) is 0. The van der Waals surface area contributed by atoms with Gasteiger partial charge in [-0.25, -0.2) is 4.98 Å². The van der Waals surface area contributed by atoms with E-state index in [2.05, 4.69) is 27.4 Å². The first-order valence-corrected chi connectivity index (χ1v) is 7.49. The summed E-state index contributed by atoms with van der Waals surface area (Å²) in [6.07, 6.45) is 14.6. The molecule has 0 spiro atoms. The van der Waals surface area contributed by atoms with Crippen molar-refractivity contribution < 1.29 is 4.79 Å². The summed E-state index contributed by atoms with van der Waals surface area (Å²) in [6.45, 7) is 0. The third-order valence-electron chi connectivity index (χ3n) is 3.95. The lowest BCUT2D eigenvalue weighted by Gasteiger charge is -2.17. The first kappa shape index (κ1) is 13.7. The highest BCUT2D eigenvalue weighted by Crippen LogP contribution is 2.23. The van der Waals surface area contributed by atoms with Gasteiger partial charge < -0.3 is 5.32 Å². The number of pyridine rings is 2. The number of rotatable bonds is 2. The molecule has 2 aromatic heterocycles.